The highest BCUT2D eigenvalue weighted by molar-refractivity contribution is 5.71. The summed E-state index contributed by atoms with van der Waals surface area (Å²) in [6.07, 6.45) is 2.48. The van der Waals surface area contributed by atoms with Crippen LogP contribution in [0.3, 0.4) is 0 Å². The lowest BCUT2D eigenvalue weighted by Gasteiger charge is -2.02. The number of aromatic hydroxyl groups is 1. The highest BCUT2D eigenvalue weighted by Gasteiger charge is 2.08. The smallest absolute Gasteiger partial charge is 0.177 e. The Morgan fingerprint density at radius 2 is 1.94 bits per heavy atom. The third-order valence-electron chi connectivity index (χ3n) is 3.05. The molecule has 4 nitrogen and oxygen atoms in total. The topological polar surface area (TPSA) is 50.9 Å². The maximum absolute atomic E-state index is 9.26. The predicted octanol–water partition coefficient (Wildman–Crippen LogP) is 2.26. The summed E-state index contributed by atoms with van der Waals surface area (Å²) < 4.78 is 2.05. The first-order chi connectivity index (χ1) is 8.74. The fraction of sp³-hybridized carbons (Fsp3) is 0.143. The zero-order valence-electron chi connectivity index (χ0n) is 10.0. The molecule has 3 rings (SSSR count). The Bertz CT molecular complexity index is 686. The van der Waals surface area contributed by atoms with E-state index < -0.39 is 0 Å². The molecule has 0 saturated heterocycles. The second kappa shape index (κ2) is 4.14. The SMILES string of the molecule is Cn1c(Cc2ccc(O)cc2)nc2ncccc21. The van der Waals surface area contributed by atoms with E-state index in [1.165, 1.54) is 0 Å². The predicted molar refractivity (Wildman–Crippen MR) is 69.4 cm³/mol. The quantitative estimate of drug-likeness (QED) is 0.746. The molecule has 0 aliphatic heterocycles. The first kappa shape index (κ1) is 10.8. The Morgan fingerprint density at radius 1 is 1.17 bits per heavy atom. The van der Waals surface area contributed by atoms with E-state index in [0.29, 0.717) is 0 Å². The number of aromatic nitrogens is 3. The van der Waals surface area contributed by atoms with Crippen LogP contribution >= 0.6 is 0 Å². The Balaban J connectivity index is 1.99. The van der Waals surface area contributed by atoms with Crippen LogP contribution in [-0.2, 0) is 13.5 Å². The van der Waals surface area contributed by atoms with E-state index in [9.17, 15) is 5.11 Å². The van der Waals surface area contributed by atoms with Gasteiger partial charge in [-0.05, 0) is 29.8 Å². The number of pyridine rings is 1. The van der Waals surface area contributed by atoms with Crippen molar-refractivity contribution < 1.29 is 5.11 Å². The summed E-state index contributed by atoms with van der Waals surface area (Å²) in [6.45, 7) is 0. The van der Waals surface area contributed by atoms with Crippen LogP contribution in [0.15, 0.2) is 42.6 Å². The highest BCUT2D eigenvalue weighted by atomic mass is 16.3. The molecule has 2 aromatic heterocycles. The second-order valence-electron chi connectivity index (χ2n) is 4.28. The van der Waals surface area contributed by atoms with Gasteiger partial charge in [-0.1, -0.05) is 12.1 Å². The third kappa shape index (κ3) is 1.82. The molecule has 1 N–H and O–H groups in total. The Kier molecular flexibility index (Phi) is 2.48. The van der Waals surface area contributed by atoms with E-state index in [0.717, 1.165) is 29.0 Å². The lowest BCUT2D eigenvalue weighted by atomic mass is 10.1. The standard InChI is InChI=1S/C14H13N3O/c1-17-12-3-2-8-15-14(12)16-13(17)9-10-4-6-11(18)7-5-10/h2-8,18H,9H2,1H3. The summed E-state index contributed by atoms with van der Waals surface area (Å²) in [5, 5.41) is 9.26. The number of hydrogen-bond acceptors (Lipinski definition) is 3. The normalized spacial score (nSPS) is 10.9. The summed E-state index contributed by atoms with van der Waals surface area (Å²) in [5.41, 5.74) is 2.92. The number of fused-ring (bicyclic) bond motifs is 1. The van der Waals surface area contributed by atoms with Gasteiger partial charge in [0.25, 0.3) is 0 Å². The summed E-state index contributed by atoms with van der Waals surface area (Å²) in [4.78, 5) is 8.77. The molecule has 4 heteroatoms. The number of phenolic OH excluding ortho intramolecular Hbond substituents is 1. The van der Waals surface area contributed by atoms with Gasteiger partial charge in [0.2, 0.25) is 0 Å². The molecule has 0 spiro atoms. The van der Waals surface area contributed by atoms with Gasteiger partial charge in [-0.15, -0.1) is 0 Å². The Hall–Kier alpha value is -2.36. The molecule has 0 bridgehead atoms. The van der Waals surface area contributed by atoms with Gasteiger partial charge in [-0.3, -0.25) is 0 Å². The molecule has 0 aliphatic carbocycles. The van der Waals surface area contributed by atoms with Crippen LogP contribution in [-0.4, -0.2) is 19.6 Å². The van der Waals surface area contributed by atoms with Crippen molar-refractivity contribution in [1.29, 1.82) is 0 Å². The highest BCUT2D eigenvalue weighted by Crippen LogP contribution is 2.16. The van der Waals surface area contributed by atoms with E-state index in [1.54, 1.807) is 18.3 Å². The van der Waals surface area contributed by atoms with Gasteiger partial charge in [-0.2, -0.15) is 0 Å². The van der Waals surface area contributed by atoms with Gasteiger partial charge in [-0.25, -0.2) is 9.97 Å². The number of imidazole rings is 1. The summed E-state index contributed by atoms with van der Waals surface area (Å²) >= 11 is 0. The van der Waals surface area contributed by atoms with Gasteiger partial charge in [0.05, 0.1) is 5.52 Å². The average Bonchev–Trinajstić information content (AvgIpc) is 2.70. The Morgan fingerprint density at radius 3 is 2.67 bits per heavy atom. The number of rotatable bonds is 2. The van der Waals surface area contributed by atoms with Crippen molar-refractivity contribution in [2.24, 2.45) is 7.05 Å². The van der Waals surface area contributed by atoms with Crippen LogP contribution in [0.1, 0.15) is 11.4 Å². The first-order valence-corrected chi connectivity index (χ1v) is 5.78. The summed E-state index contributed by atoms with van der Waals surface area (Å²) in [5.74, 6) is 1.25. The number of benzene rings is 1. The molecule has 0 amide bonds. The number of phenols is 1. The van der Waals surface area contributed by atoms with Gasteiger partial charge in [0.15, 0.2) is 5.65 Å². The van der Waals surface area contributed by atoms with Gasteiger partial charge in [0.1, 0.15) is 11.6 Å². The van der Waals surface area contributed by atoms with Crippen LogP contribution in [0.5, 0.6) is 5.75 Å². The fourth-order valence-electron chi connectivity index (χ4n) is 2.03. The largest absolute Gasteiger partial charge is 0.508 e. The minimum Gasteiger partial charge on any atom is -0.508 e. The zero-order chi connectivity index (χ0) is 12.5. The van der Waals surface area contributed by atoms with E-state index >= 15 is 0 Å². The molecular weight excluding hydrogens is 226 g/mol. The Labute approximate surface area is 105 Å². The second-order valence-corrected chi connectivity index (χ2v) is 4.28. The van der Waals surface area contributed by atoms with Crippen LogP contribution in [0.4, 0.5) is 0 Å². The van der Waals surface area contributed by atoms with Gasteiger partial charge >= 0.3 is 0 Å². The van der Waals surface area contributed by atoms with E-state index in [-0.39, 0.29) is 5.75 Å². The van der Waals surface area contributed by atoms with Crippen LogP contribution < -0.4 is 0 Å². The van der Waals surface area contributed by atoms with Crippen molar-refractivity contribution in [3.63, 3.8) is 0 Å². The number of nitrogens with zero attached hydrogens (tertiary/aromatic N) is 3. The molecule has 1 aromatic carbocycles. The summed E-state index contributed by atoms with van der Waals surface area (Å²) in [7, 11) is 1.99. The minimum absolute atomic E-state index is 0.283. The number of hydrogen-bond donors (Lipinski definition) is 1. The van der Waals surface area contributed by atoms with Crippen molar-refractivity contribution in [2.75, 3.05) is 0 Å². The van der Waals surface area contributed by atoms with Crippen molar-refractivity contribution in [1.82, 2.24) is 14.5 Å². The average molecular weight is 239 g/mol. The van der Waals surface area contributed by atoms with Crippen molar-refractivity contribution in [2.45, 2.75) is 6.42 Å². The van der Waals surface area contributed by atoms with Crippen molar-refractivity contribution in [3.05, 3.63) is 54.0 Å². The van der Waals surface area contributed by atoms with Gasteiger partial charge in [0, 0.05) is 19.7 Å². The van der Waals surface area contributed by atoms with Crippen molar-refractivity contribution in [3.8, 4) is 5.75 Å². The molecule has 18 heavy (non-hydrogen) atoms. The van der Waals surface area contributed by atoms with E-state index in [4.69, 9.17) is 0 Å². The molecule has 0 fully saturated rings. The first-order valence-electron chi connectivity index (χ1n) is 5.78. The minimum atomic E-state index is 0.283. The molecular formula is C14H13N3O. The fourth-order valence-corrected chi connectivity index (χ4v) is 2.03. The van der Waals surface area contributed by atoms with E-state index in [1.807, 2.05) is 31.3 Å². The maximum Gasteiger partial charge on any atom is 0.177 e. The molecule has 2 heterocycles. The third-order valence-corrected chi connectivity index (χ3v) is 3.05. The van der Waals surface area contributed by atoms with Crippen LogP contribution in [0.2, 0.25) is 0 Å². The van der Waals surface area contributed by atoms with Crippen LogP contribution in [0.25, 0.3) is 11.2 Å². The lowest BCUT2D eigenvalue weighted by Crippen LogP contribution is -1.98. The monoisotopic (exact) mass is 239 g/mol. The van der Waals surface area contributed by atoms with Gasteiger partial charge < -0.3 is 9.67 Å². The molecule has 90 valence electrons. The molecule has 0 unspecified atom stereocenters. The molecule has 0 radical (unpaired) electrons. The van der Waals surface area contributed by atoms with Crippen molar-refractivity contribution >= 4 is 11.2 Å². The molecule has 3 aromatic rings. The van der Waals surface area contributed by atoms with Crippen LogP contribution in [0, 0.1) is 0 Å². The zero-order valence-corrected chi connectivity index (χ0v) is 10.0. The lowest BCUT2D eigenvalue weighted by molar-refractivity contribution is 0.475. The molecule has 0 atom stereocenters. The van der Waals surface area contributed by atoms with E-state index in [2.05, 4.69) is 14.5 Å². The summed E-state index contributed by atoms with van der Waals surface area (Å²) in [6, 6.07) is 11.1. The maximum atomic E-state index is 9.26. The molecule has 0 saturated carbocycles. The molecule has 0 aliphatic rings. The number of aryl methyl sites for hydroxylation is 1.